The quantitative estimate of drug-likeness (QED) is 0.905. The summed E-state index contributed by atoms with van der Waals surface area (Å²) in [6.07, 6.45) is 2.80. The van der Waals surface area contributed by atoms with Crippen molar-refractivity contribution in [3.8, 4) is 0 Å². The Morgan fingerprint density at radius 3 is 2.71 bits per heavy atom. The van der Waals surface area contributed by atoms with E-state index >= 15 is 0 Å². The second-order valence-corrected chi connectivity index (χ2v) is 5.73. The number of aromatic nitrogens is 1. The molecule has 1 aromatic heterocycles. The molecule has 3 rings (SSSR count). The van der Waals surface area contributed by atoms with Gasteiger partial charge in [-0.3, -0.25) is 4.79 Å². The molecule has 7 heteroatoms. The number of hydrogen-bond acceptors (Lipinski definition) is 5. The molecule has 1 fully saturated rings. The van der Waals surface area contributed by atoms with Crippen molar-refractivity contribution in [3.05, 3.63) is 53.2 Å². The molecule has 1 N–H and O–H groups in total. The van der Waals surface area contributed by atoms with E-state index in [-0.39, 0.29) is 23.3 Å². The highest BCUT2D eigenvalue weighted by atomic mass is 16.5. The summed E-state index contributed by atoms with van der Waals surface area (Å²) in [4.78, 5) is 29.0. The van der Waals surface area contributed by atoms with Gasteiger partial charge in [0, 0.05) is 20.2 Å². The first kappa shape index (κ1) is 16.2. The monoisotopic (exact) mass is 330 g/mol. The zero-order chi connectivity index (χ0) is 17.1. The zero-order valence-electron chi connectivity index (χ0n) is 13.3. The molecule has 7 nitrogen and oxygen atoms in total. The molecule has 0 saturated carbocycles. The van der Waals surface area contributed by atoms with Crippen LogP contribution in [0.25, 0.3) is 0 Å². The fraction of sp³-hybridized carbons (Fsp3) is 0.353. The molecular formula is C17H18N2O5. The highest BCUT2D eigenvalue weighted by Crippen LogP contribution is 2.31. The van der Waals surface area contributed by atoms with Gasteiger partial charge in [-0.15, -0.1) is 0 Å². The Morgan fingerprint density at radius 2 is 2.08 bits per heavy atom. The Kier molecular flexibility index (Phi) is 4.61. The van der Waals surface area contributed by atoms with E-state index in [1.54, 1.807) is 19.2 Å². The molecule has 1 amide bonds. The maximum absolute atomic E-state index is 12.6. The molecule has 1 aromatic carbocycles. The Hall–Kier alpha value is -2.67. The number of aromatic carboxylic acids is 1. The number of carbonyl (C=O) groups excluding carboxylic acids is 1. The Morgan fingerprint density at radius 1 is 1.33 bits per heavy atom. The highest BCUT2D eigenvalue weighted by molar-refractivity contribution is 5.93. The molecule has 1 atom stereocenters. The van der Waals surface area contributed by atoms with Crippen LogP contribution in [0.4, 0.5) is 0 Å². The van der Waals surface area contributed by atoms with Crippen LogP contribution in [-0.2, 0) is 11.3 Å². The van der Waals surface area contributed by atoms with E-state index in [1.165, 1.54) is 23.4 Å². The fourth-order valence-electron chi connectivity index (χ4n) is 2.71. The summed E-state index contributed by atoms with van der Waals surface area (Å²) in [5.41, 5.74) is 1.31. The van der Waals surface area contributed by atoms with E-state index in [4.69, 9.17) is 14.3 Å². The fourth-order valence-corrected chi connectivity index (χ4v) is 2.71. The average Bonchev–Trinajstić information content (AvgIpc) is 3.25. The van der Waals surface area contributed by atoms with Gasteiger partial charge in [-0.1, -0.05) is 12.1 Å². The second kappa shape index (κ2) is 6.84. The highest BCUT2D eigenvalue weighted by Gasteiger charge is 2.29. The molecule has 0 spiro atoms. The van der Waals surface area contributed by atoms with E-state index in [2.05, 4.69) is 4.98 Å². The van der Waals surface area contributed by atoms with Crippen molar-refractivity contribution in [3.63, 3.8) is 0 Å². The molecule has 0 unspecified atom stereocenters. The lowest BCUT2D eigenvalue weighted by Crippen LogP contribution is -2.27. The molecule has 0 bridgehead atoms. The molecule has 0 radical (unpaired) electrons. The predicted molar refractivity (Wildman–Crippen MR) is 83.6 cm³/mol. The van der Waals surface area contributed by atoms with Crippen molar-refractivity contribution in [2.24, 2.45) is 0 Å². The summed E-state index contributed by atoms with van der Waals surface area (Å²) in [5, 5.41) is 8.91. The average molecular weight is 330 g/mol. The summed E-state index contributed by atoms with van der Waals surface area (Å²) in [6.45, 7) is 1.00. The first-order chi connectivity index (χ1) is 11.6. The van der Waals surface area contributed by atoms with Gasteiger partial charge in [0.2, 0.25) is 0 Å². The van der Waals surface area contributed by atoms with Gasteiger partial charge in [0.05, 0.1) is 5.56 Å². The van der Waals surface area contributed by atoms with Crippen molar-refractivity contribution in [1.29, 1.82) is 0 Å². The maximum Gasteiger partial charge on any atom is 0.335 e. The van der Waals surface area contributed by atoms with Crippen LogP contribution in [0.3, 0.4) is 0 Å². The molecule has 24 heavy (non-hydrogen) atoms. The first-order valence-corrected chi connectivity index (χ1v) is 7.69. The molecule has 1 aliphatic rings. The minimum absolute atomic E-state index is 0.213. The second-order valence-electron chi connectivity index (χ2n) is 5.73. The predicted octanol–water partition coefficient (Wildman–Crippen LogP) is 2.50. The van der Waals surface area contributed by atoms with E-state index in [9.17, 15) is 9.59 Å². The Balaban J connectivity index is 1.71. The number of ether oxygens (including phenoxy) is 1. The topological polar surface area (TPSA) is 92.9 Å². The third-order valence-corrected chi connectivity index (χ3v) is 3.99. The van der Waals surface area contributed by atoms with E-state index in [0.717, 1.165) is 18.4 Å². The normalized spacial score (nSPS) is 17.0. The van der Waals surface area contributed by atoms with E-state index in [0.29, 0.717) is 18.9 Å². The summed E-state index contributed by atoms with van der Waals surface area (Å²) in [6, 6.07) is 6.42. The van der Waals surface area contributed by atoms with Gasteiger partial charge in [-0.2, -0.15) is 0 Å². The summed E-state index contributed by atoms with van der Waals surface area (Å²) < 4.78 is 10.9. The Bertz CT molecular complexity index is 732. The maximum atomic E-state index is 12.6. The first-order valence-electron chi connectivity index (χ1n) is 7.69. The van der Waals surface area contributed by atoms with Crippen molar-refractivity contribution in [2.45, 2.75) is 25.5 Å². The zero-order valence-corrected chi connectivity index (χ0v) is 13.3. The van der Waals surface area contributed by atoms with Crippen LogP contribution in [-0.4, -0.2) is 40.5 Å². The number of rotatable bonds is 5. The van der Waals surface area contributed by atoms with Gasteiger partial charge in [-0.05, 0) is 30.5 Å². The van der Waals surface area contributed by atoms with Crippen LogP contribution in [0.1, 0.15) is 51.1 Å². The summed E-state index contributed by atoms with van der Waals surface area (Å²) in [5.74, 6) is -0.753. The van der Waals surface area contributed by atoms with Crippen LogP contribution >= 0.6 is 0 Å². The van der Waals surface area contributed by atoms with Crippen LogP contribution in [0.5, 0.6) is 0 Å². The minimum Gasteiger partial charge on any atom is -0.478 e. The lowest BCUT2D eigenvalue weighted by Gasteiger charge is -2.17. The van der Waals surface area contributed by atoms with Crippen LogP contribution in [0.2, 0.25) is 0 Å². The van der Waals surface area contributed by atoms with E-state index < -0.39 is 5.97 Å². The smallest absolute Gasteiger partial charge is 0.335 e. The largest absolute Gasteiger partial charge is 0.478 e. The van der Waals surface area contributed by atoms with Gasteiger partial charge < -0.3 is 19.2 Å². The van der Waals surface area contributed by atoms with Crippen molar-refractivity contribution in [2.75, 3.05) is 13.7 Å². The lowest BCUT2D eigenvalue weighted by atomic mass is 10.1. The van der Waals surface area contributed by atoms with Crippen LogP contribution in [0, 0.1) is 0 Å². The Labute approximate surface area is 138 Å². The van der Waals surface area contributed by atoms with Crippen LogP contribution in [0.15, 0.2) is 35.1 Å². The summed E-state index contributed by atoms with van der Waals surface area (Å²) in [7, 11) is 1.67. The number of carboxylic acids is 1. The molecular weight excluding hydrogens is 312 g/mol. The number of hydrogen-bond donors (Lipinski definition) is 1. The van der Waals surface area contributed by atoms with Gasteiger partial charge in [0.15, 0.2) is 17.8 Å². The molecule has 2 aromatic rings. The van der Waals surface area contributed by atoms with Crippen molar-refractivity contribution < 1.29 is 23.8 Å². The number of oxazole rings is 1. The van der Waals surface area contributed by atoms with Gasteiger partial charge in [0.1, 0.15) is 6.10 Å². The van der Waals surface area contributed by atoms with Gasteiger partial charge in [0.25, 0.3) is 5.91 Å². The third-order valence-electron chi connectivity index (χ3n) is 3.99. The molecule has 1 aliphatic heterocycles. The number of amides is 1. The summed E-state index contributed by atoms with van der Waals surface area (Å²) >= 11 is 0. The molecule has 0 aliphatic carbocycles. The number of carbonyl (C=O) groups is 2. The number of nitrogens with zero attached hydrogens (tertiary/aromatic N) is 2. The number of benzene rings is 1. The standard InChI is InChI=1S/C17H18N2O5/c1-19(9-11-4-6-12(7-5-11)17(21)22)16(20)14-15(24-10-18-14)13-3-2-8-23-13/h4-7,10,13H,2-3,8-9H2,1H3,(H,21,22)/t13-/m0/s1. The van der Waals surface area contributed by atoms with Crippen LogP contribution < -0.4 is 0 Å². The third kappa shape index (κ3) is 3.30. The lowest BCUT2D eigenvalue weighted by molar-refractivity contribution is 0.0695. The van der Waals surface area contributed by atoms with Gasteiger partial charge in [-0.25, -0.2) is 9.78 Å². The number of carboxylic acid groups (broad SMARTS) is 1. The molecule has 2 heterocycles. The van der Waals surface area contributed by atoms with E-state index in [1.807, 2.05) is 0 Å². The van der Waals surface area contributed by atoms with Crippen molar-refractivity contribution in [1.82, 2.24) is 9.88 Å². The SMILES string of the molecule is CN(Cc1ccc(C(=O)O)cc1)C(=O)c1ncoc1[C@@H]1CCCO1. The minimum atomic E-state index is -0.977. The van der Waals surface area contributed by atoms with Gasteiger partial charge >= 0.3 is 5.97 Å². The molecule has 1 saturated heterocycles. The molecule has 126 valence electrons. The van der Waals surface area contributed by atoms with Crippen molar-refractivity contribution >= 4 is 11.9 Å².